The molecule has 1 aromatic heterocycles. The third kappa shape index (κ3) is 3.17. The van der Waals surface area contributed by atoms with Gasteiger partial charge in [0.15, 0.2) is 0 Å². The first-order chi connectivity index (χ1) is 10.3. The van der Waals surface area contributed by atoms with Gasteiger partial charge in [-0.05, 0) is 32.6 Å². The lowest BCUT2D eigenvalue weighted by Crippen LogP contribution is -2.33. The maximum absolute atomic E-state index is 12.6. The molecule has 0 spiro atoms. The van der Waals surface area contributed by atoms with Gasteiger partial charge < -0.3 is 9.80 Å². The fourth-order valence-electron chi connectivity index (χ4n) is 3.18. The van der Waals surface area contributed by atoms with Crippen LogP contribution in [0.5, 0.6) is 0 Å². The van der Waals surface area contributed by atoms with Crippen LogP contribution >= 0.6 is 0 Å². The minimum atomic E-state index is 0.0994. The molecular formula is C16H24N4O. The molecule has 0 N–H and O–H groups in total. The zero-order valence-electron chi connectivity index (χ0n) is 12.8. The van der Waals surface area contributed by atoms with E-state index in [1.165, 1.54) is 25.7 Å². The maximum Gasteiger partial charge on any atom is 0.257 e. The average molecular weight is 288 g/mol. The van der Waals surface area contributed by atoms with Crippen molar-refractivity contribution in [2.24, 2.45) is 0 Å². The Hall–Kier alpha value is -1.65. The summed E-state index contributed by atoms with van der Waals surface area (Å²) in [5, 5.41) is 0. The first kappa shape index (κ1) is 14.3. The predicted octanol–water partition coefficient (Wildman–Crippen LogP) is 2.40. The lowest BCUT2D eigenvalue weighted by molar-refractivity contribution is 0.0760. The van der Waals surface area contributed by atoms with Crippen molar-refractivity contribution < 1.29 is 4.79 Å². The van der Waals surface area contributed by atoms with Gasteiger partial charge >= 0.3 is 0 Å². The van der Waals surface area contributed by atoms with Gasteiger partial charge in [-0.15, -0.1) is 0 Å². The van der Waals surface area contributed by atoms with Crippen molar-refractivity contribution >= 4 is 11.9 Å². The van der Waals surface area contributed by atoms with E-state index in [0.29, 0.717) is 5.56 Å². The van der Waals surface area contributed by atoms with Gasteiger partial charge in [-0.3, -0.25) is 4.79 Å². The second kappa shape index (κ2) is 6.41. The van der Waals surface area contributed by atoms with E-state index in [1.54, 1.807) is 6.20 Å². The van der Waals surface area contributed by atoms with Gasteiger partial charge in [0, 0.05) is 32.4 Å². The molecule has 0 unspecified atom stereocenters. The van der Waals surface area contributed by atoms with Crippen molar-refractivity contribution in [1.82, 2.24) is 14.9 Å². The van der Waals surface area contributed by atoms with Crippen LogP contribution in [0, 0.1) is 6.92 Å². The minimum absolute atomic E-state index is 0.0994. The van der Waals surface area contributed by atoms with Crippen molar-refractivity contribution in [1.29, 1.82) is 0 Å². The molecule has 2 saturated heterocycles. The van der Waals surface area contributed by atoms with Crippen LogP contribution in [0.25, 0.3) is 0 Å². The van der Waals surface area contributed by atoms with Crippen LogP contribution in [0.15, 0.2) is 6.20 Å². The van der Waals surface area contributed by atoms with Crippen LogP contribution < -0.4 is 4.90 Å². The summed E-state index contributed by atoms with van der Waals surface area (Å²) in [6.45, 7) is 5.71. The van der Waals surface area contributed by atoms with Crippen LogP contribution in [0.3, 0.4) is 0 Å². The number of aromatic nitrogens is 2. The number of anilines is 1. The topological polar surface area (TPSA) is 49.3 Å². The summed E-state index contributed by atoms with van der Waals surface area (Å²) >= 11 is 0. The van der Waals surface area contributed by atoms with E-state index in [4.69, 9.17) is 0 Å². The maximum atomic E-state index is 12.6. The number of rotatable bonds is 2. The Morgan fingerprint density at radius 2 is 1.62 bits per heavy atom. The third-order valence-electron chi connectivity index (χ3n) is 4.48. The highest BCUT2D eigenvalue weighted by atomic mass is 16.2. The molecule has 0 saturated carbocycles. The molecular weight excluding hydrogens is 264 g/mol. The van der Waals surface area contributed by atoms with Crippen molar-refractivity contribution in [3.8, 4) is 0 Å². The molecule has 5 heteroatoms. The summed E-state index contributed by atoms with van der Waals surface area (Å²) in [6, 6.07) is 0. The third-order valence-corrected chi connectivity index (χ3v) is 4.48. The van der Waals surface area contributed by atoms with E-state index in [9.17, 15) is 4.79 Å². The van der Waals surface area contributed by atoms with Crippen molar-refractivity contribution in [2.75, 3.05) is 31.1 Å². The Morgan fingerprint density at radius 3 is 2.24 bits per heavy atom. The molecule has 0 aromatic carbocycles. The molecule has 1 aromatic rings. The molecule has 0 radical (unpaired) electrons. The van der Waals surface area contributed by atoms with Crippen LogP contribution in [0.2, 0.25) is 0 Å². The summed E-state index contributed by atoms with van der Waals surface area (Å²) in [6.07, 6.45) is 8.81. The summed E-state index contributed by atoms with van der Waals surface area (Å²) < 4.78 is 0. The number of nitrogens with zero attached hydrogens (tertiary/aromatic N) is 4. The molecule has 2 fully saturated rings. The van der Waals surface area contributed by atoms with Crippen molar-refractivity contribution in [2.45, 2.75) is 45.4 Å². The zero-order valence-corrected chi connectivity index (χ0v) is 12.8. The average Bonchev–Trinajstić information content (AvgIpc) is 2.89. The van der Waals surface area contributed by atoms with Crippen LogP contribution in [-0.4, -0.2) is 47.0 Å². The zero-order chi connectivity index (χ0) is 14.7. The quantitative estimate of drug-likeness (QED) is 0.838. The Balaban J connectivity index is 1.76. The highest BCUT2D eigenvalue weighted by Crippen LogP contribution is 2.19. The standard InChI is InChI=1S/C16H24N4O/c1-13-14(15(21)19-8-4-2-3-5-9-19)12-17-16(18-13)20-10-6-7-11-20/h12H,2-11H2,1H3. The molecule has 0 bridgehead atoms. The van der Waals surface area contributed by atoms with Crippen LogP contribution in [-0.2, 0) is 0 Å². The smallest absolute Gasteiger partial charge is 0.257 e. The summed E-state index contributed by atoms with van der Waals surface area (Å²) in [5.74, 6) is 0.875. The highest BCUT2D eigenvalue weighted by molar-refractivity contribution is 5.95. The van der Waals surface area contributed by atoms with E-state index in [1.807, 2.05) is 11.8 Å². The molecule has 114 valence electrons. The van der Waals surface area contributed by atoms with Crippen molar-refractivity contribution in [3.05, 3.63) is 17.5 Å². The number of carbonyl (C=O) groups excluding carboxylic acids is 1. The fourth-order valence-corrected chi connectivity index (χ4v) is 3.18. The summed E-state index contributed by atoms with van der Waals surface area (Å²) in [4.78, 5) is 25.8. The summed E-state index contributed by atoms with van der Waals surface area (Å²) in [5.41, 5.74) is 1.47. The molecule has 3 rings (SSSR count). The second-order valence-corrected chi connectivity index (χ2v) is 6.07. The number of aryl methyl sites for hydroxylation is 1. The van der Waals surface area contributed by atoms with E-state index in [-0.39, 0.29) is 5.91 Å². The lowest BCUT2D eigenvalue weighted by Gasteiger charge is -2.22. The first-order valence-corrected chi connectivity index (χ1v) is 8.13. The molecule has 2 aliphatic rings. The molecule has 0 atom stereocenters. The molecule has 1 amide bonds. The Bertz CT molecular complexity index is 503. The normalized spacial score (nSPS) is 19.7. The number of likely N-dealkylation sites (tertiary alicyclic amines) is 1. The van der Waals surface area contributed by atoms with Gasteiger partial charge in [0.25, 0.3) is 5.91 Å². The van der Waals surface area contributed by atoms with E-state index < -0.39 is 0 Å². The van der Waals surface area contributed by atoms with E-state index >= 15 is 0 Å². The molecule has 21 heavy (non-hydrogen) atoms. The monoisotopic (exact) mass is 288 g/mol. The fraction of sp³-hybridized carbons (Fsp3) is 0.688. The van der Waals surface area contributed by atoms with Gasteiger partial charge in [0.2, 0.25) is 5.95 Å². The number of amides is 1. The Morgan fingerprint density at radius 1 is 1.00 bits per heavy atom. The summed E-state index contributed by atoms with van der Waals surface area (Å²) in [7, 11) is 0. The van der Waals surface area contributed by atoms with Gasteiger partial charge in [-0.25, -0.2) is 9.97 Å². The van der Waals surface area contributed by atoms with Gasteiger partial charge in [0.1, 0.15) is 0 Å². The SMILES string of the molecule is Cc1nc(N2CCCC2)ncc1C(=O)N1CCCCCC1. The number of carbonyl (C=O) groups is 1. The number of hydrogen-bond donors (Lipinski definition) is 0. The second-order valence-electron chi connectivity index (χ2n) is 6.07. The first-order valence-electron chi connectivity index (χ1n) is 8.13. The lowest BCUT2D eigenvalue weighted by atomic mass is 10.2. The van der Waals surface area contributed by atoms with Crippen LogP contribution in [0.1, 0.15) is 54.6 Å². The molecule has 3 heterocycles. The van der Waals surface area contributed by atoms with Gasteiger partial charge in [0.05, 0.1) is 11.3 Å². The largest absolute Gasteiger partial charge is 0.341 e. The van der Waals surface area contributed by atoms with Gasteiger partial charge in [-0.2, -0.15) is 0 Å². The molecule has 2 aliphatic heterocycles. The van der Waals surface area contributed by atoms with Crippen LogP contribution in [0.4, 0.5) is 5.95 Å². The van der Waals surface area contributed by atoms with E-state index in [2.05, 4.69) is 14.9 Å². The predicted molar refractivity (Wildman–Crippen MR) is 82.6 cm³/mol. The molecule has 0 aliphatic carbocycles. The van der Waals surface area contributed by atoms with Gasteiger partial charge in [-0.1, -0.05) is 12.8 Å². The van der Waals surface area contributed by atoms with E-state index in [0.717, 1.165) is 50.7 Å². The number of hydrogen-bond acceptors (Lipinski definition) is 4. The Kier molecular flexibility index (Phi) is 4.36. The Labute approximate surface area is 126 Å². The molecule has 5 nitrogen and oxygen atoms in total. The highest BCUT2D eigenvalue weighted by Gasteiger charge is 2.22. The minimum Gasteiger partial charge on any atom is -0.341 e. The van der Waals surface area contributed by atoms with Crippen molar-refractivity contribution in [3.63, 3.8) is 0 Å².